The first-order valence-electron chi connectivity index (χ1n) is 10.5. The second-order valence-electron chi connectivity index (χ2n) is 8.17. The second-order valence-corrected chi connectivity index (χ2v) is 8.17. The van der Waals surface area contributed by atoms with Crippen molar-refractivity contribution in [3.63, 3.8) is 0 Å². The highest BCUT2D eigenvalue weighted by atomic mass is 19.1. The molecule has 1 saturated heterocycles. The molecule has 2 N–H and O–H groups in total. The Labute approximate surface area is 181 Å². The topological polar surface area (TPSA) is 85.0 Å². The predicted octanol–water partition coefficient (Wildman–Crippen LogP) is 3.82. The van der Waals surface area contributed by atoms with Crippen LogP contribution in [-0.2, 0) is 6.42 Å². The van der Waals surface area contributed by atoms with Crippen LogP contribution in [0, 0.1) is 19.7 Å². The van der Waals surface area contributed by atoms with Crippen molar-refractivity contribution in [1.29, 1.82) is 0 Å². The molecule has 1 aromatic carbocycles. The molecule has 0 bridgehead atoms. The first-order chi connectivity index (χ1) is 14.9. The summed E-state index contributed by atoms with van der Waals surface area (Å²) in [4.78, 5) is 27.8. The van der Waals surface area contributed by atoms with Crippen LogP contribution in [0.2, 0.25) is 0 Å². The summed E-state index contributed by atoms with van der Waals surface area (Å²) in [5, 5.41) is 0. The third kappa shape index (κ3) is 4.87. The summed E-state index contributed by atoms with van der Waals surface area (Å²) in [6.07, 6.45) is 4.02. The lowest BCUT2D eigenvalue weighted by molar-refractivity contribution is 0.0704. The van der Waals surface area contributed by atoms with E-state index in [0.29, 0.717) is 30.8 Å². The van der Waals surface area contributed by atoms with Crippen molar-refractivity contribution in [3.05, 3.63) is 82.2 Å². The average molecular weight is 420 g/mol. The van der Waals surface area contributed by atoms with E-state index in [4.69, 9.17) is 10.7 Å². The van der Waals surface area contributed by atoms with E-state index in [0.717, 1.165) is 35.4 Å². The third-order valence-corrected chi connectivity index (χ3v) is 5.69. The maximum atomic E-state index is 13.6. The normalized spacial score (nSPS) is 16.4. The number of hydrogen-bond donors (Lipinski definition) is 1. The van der Waals surface area contributed by atoms with E-state index in [-0.39, 0.29) is 23.6 Å². The minimum absolute atomic E-state index is 0.0742. The summed E-state index contributed by atoms with van der Waals surface area (Å²) in [5.41, 5.74) is 10.6. The number of aryl methyl sites for hydroxylation is 2. The van der Waals surface area contributed by atoms with Crippen LogP contribution in [0.25, 0.3) is 0 Å². The number of pyridine rings is 1. The van der Waals surface area contributed by atoms with E-state index in [1.54, 1.807) is 19.1 Å². The number of carbonyl (C=O) groups is 1. The van der Waals surface area contributed by atoms with Crippen LogP contribution in [0.4, 0.5) is 10.3 Å². The molecule has 4 rings (SSSR count). The molecule has 1 aliphatic heterocycles. The highest BCUT2D eigenvalue weighted by Crippen LogP contribution is 2.28. The summed E-state index contributed by atoms with van der Waals surface area (Å²) >= 11 is 0. The fraction of sp³-hybridized carbons (Fsp3) is 0.333. The van der Waals surface area contributed by atoms with Gasteiger partial charge in [0.15, 0.2) is 0 Å². The van der Waals surface area contributed by atoms with Gasteiger partial charge in [-0.15, -0.1) is 0 Å². The number of likely N-dealkylation sites (tertiary alicyclic amines) is 1. The smallest absolute Gasteiger partial charge is 0.257 e. The molecule has 0 aliphatic carbocycles. The van der Waals surface area contributed by atoms with Gasteiger partial charge in [-0.25, -0.2) is 14.4 Å². The van der Waals surface area contributed by atoms with E-state index >= 15 is 0 Å². The van der Waals surface area contributed by atoms with Gasteiger partial charge in [0, 0.05) is 36.6 Å². The molecule has 7 heteroatoms. The maximum absolute atomic E-state index is 13.6. The Morgan fingerprint density at radius 1 is 1.19 bits per heavy atom. The Balaban J connectivity index is 1.54. The van der Waals surface area contributed by atoms with Gasteiger partial charge in [0.1, 0.15) is 5.82 Å². The van der Waals surface area contributed by atoms with Crippen LogP contribution in [-0.4, -0.2) is 38.8 Å². The SMILES string of the molecule is Cc1cc(Cc2cccc(F)c2)cc([C@@H]2CCCN(C(=O)c3cnc(N)nc3C)C2)n1. The Hall–Kier alpha value is -3.35. The largest absolute Gasteiger partial charge is 0.368 e. The second kappa shape index (κ2) is 8.79. The first kappa shape index (κ1) is 20.9. The van der Waals surface area contributed by atoms with Gasteiger partial charge in [-0.2, -0.15) is 0 Å². The van der Waals surface area contributed by atoms with Gasteiger partial charge in [-0.3, -0.25) is 9.78 Å². The van der Waals surface area contributed by atoms with Gasteiger partial charge < -0.3 is 10.6 Å². The lowest BCUT2D eigenvalue weighted by Gasteiger charge is -2.33. The number of carbonyl (C=O) groups excluding carboxylic acids is 1. The van der Waals surface area contributed by atoms with Crippen LogP contribution < -0.4 is 5.73 Å². The Morgan fingerprint density at radius 2 is 2.03 bits per heavy atom. The Morgan fingerprint density at radius 3 is 2.81 bits per heavy atom. The standard InChI is InChI=1S/C24H26FN5O/c1-15-9-18(10-17-5-3-7-20(25)11-17)12-22(28-15)19-6-4-8-30(14-19)23(31)21-13-27-24(26)29-16(21)2/h3,5,7,9,11-13,19H,4,6,8,10,14H2,1-2H3,(H2,26,27,29)/t19-/m1/s1. The molecular formula is C24H26FN5O. The number of aromatic nitrogens is 3. The molecule has 1 fully saturated rings. The molecule has 1 aliphatic rings. The summed E-state index contributed by atoms with van der Waals surface area (Å²) in [6.45, 7) is 5.03. The quantitative estimate of drug-likeness (QED) is 0.695. The zero-order valence-electron chi connectivity index (χ0n) is 17.8. The van der Waals surface area contributed by atoms with Crippen LogP contribution >= 0.6 is 0 Å². The van der Waals surface area contributed by atoms with E-state index in [9.17, 15) is 9.18 Å². The fourth-order valence-electron chi connectivity index (χ4n) is 4.23. The summed E-state index contributed by atoms with van der Waals surface area (Å²) < 4.78 is 13.6. The molecule has 2 aromatic heterocycles. The molecular weight excluding hydrogens is 393 g/mol. The van der Waals surface area contributed by atoms with Crippen molar-refractivity contribution in [2.45, 2.75) is 39.0 Å². The van der Waals surface area contributed by atoms with Gasteiger partial charge in [-0.1, -0.05) is 12.1 Å². The van der Waals surface area contributed by atoms with E-state index in [1.165, 1.54) is 12.3 Å². The van der Waals surface area contributed by atoms with Gasteiger partial charge in [0.25, 0.3) is 5.91 Å². The number of nitrogens with zero attached hydrogens (tertiary/aromatic N) is 4. The molecule has 0 unspecified atom stereocenters. The molecule has 3 heterocycles. The number of rotatable bonds is 4. The third-order valence-electron chi connectivity index (χ3n) is 5.69. The van der Waals surface area contributed by atoms with E-state index < -0.39 is 0 Å². The fourth-order valence-corrected chi connectivity index (χ4v) is 4.23. The number of amides is 1. The zero-order valence-corrected chi connectivity index (χ0v) is 17.8. The molecule has 3 aromatic rings. The van der Waals surface area contributed by atoms with E-state index in [2.05, 4.69) is 16.0 Å². The van der Waals surface area contributed by atoms with Crippen LogP contribution in [0.1, 0.15) is 57.3 Å². The van der Waals surface area contributed by atoms with Gasteiger partial charge in [0.2, 0.25) is 5.95 Å². The highest BCUT2D eigenvalue weighted by Gasteiger charge is 2.28. The number of nitrogens with two attached hydrogens (primary N) is 1. The minimum atomic E-state index is -0.230. The minimum Gasteiger partial charge on any atom is -0.368 e. The van der Waals surface area contributed by atoms with Crippen LogP contribution in [0.5, 0.6) is 0 Å². The van der Waals surface area contributed by atoms with Crippen molar-refractivity contribution in [1.82, 2.24) is 19.9 Å². The van der Waals surface area contributed by atoms with Crippen molar-refractivity contribution >= 4 is 11.9 Å². The van der Waals surface area contributed by atoms with Crippen molar-refractivity contribution in [2.24, 2.45) is 0 Å². The molecule has 31 heavy (non-hydrogen) atoms. The number of benzene rings is 1. The summed E-state index contributed by atoms with van der Waals surface area (Å²) in [6, 6.07) is 10.8. The molecule has 160 valence electrons. The molecule has 1 atom stereocenters. The summed E-state index contributed by atoms with van der Waals surface area (Å²) in [7, 11) is 0. The number of nitrogen functional groups attached to an aromatic ring is 1. The molecule has 0 saturated carbocycles. The predicted molar refractivity (Wildman–Crippen MR) is 117 cm³/mol. The molecule has 6 nitrogen and oxygen atoms in total. The van der Waals surface area contributed by atoms with Crippen LogP contribution in [0.3, 0.4) is 0 Å². The Kier molecular flexibility index (Phi) is 5.93. The maximum Gasteiger partial charge on any atom is 0.257 e. The summed E-state index contributed by atoms with van der Waals surface area (Å²) in [5.74, 6) is 0.0148. The highest BCUT2D eigenvalue weighted by molar-refractivity contribution is 5.95. The number of anilines is 1. The number of halogens is 1. The van der Waals surface area contributed by atoms with Gasteiger partial charge in [-0.05, 0) is 68.5 Å². The van der Waals surface area contributed by atoms with Crippen molar-refractivity contribution in [2.75, 3.05) is 18.8 Å². The molecule has 0 spiro atoms. The van der Waals surface area contributed by atoms with Gasteiger partial charge in [0.05, 0.1) is 11.3 Å². The monoisotopic (exact) mass is 419 g/mol. The van der Waals surface area contributed by atoms with Crippen molar-refractivity contribution in [3.8, 4) is 0 Å². The van der Waals surface area contributed by atoms with Gasteiger partial charge >= 0.3 is 0 Å². The van der Waals surface area contributed by atoms with Crippen molar-refractivity contribution < 1.29 is 9.18 Å². The lowest BCUT2D eigenvalue weighted by Crippen LogP contribution is -2.39. The zero-order chi connectivity index (χ0) is 22.0. The number of piperidine rings is 1. The lowest BCUT2D eigenvalue weighted by atomic mass is 9.92. The molecule has 0 radical (unpaired) electrons. The number of hydrogen-bond acceptors (Lipinski definition) is 5. The average Bonchev–Trinajstić information content (AvgIpc) is 2.73. The van der Waals surface area contributed by atoms with Crippen LogP contribution in [0.15, 0.2) is 42.6 Å². The Bertz CT molecular complexity index is 1120. The molecule has 1 amide bonds. The van der Waals surface area contributed by atoms with E-state index in [1.807, 2.05) is 24.0 Å². The first-order valence-corrected chi connectivity index (χ1v) is 10.5.